The largest absolute Gasteiger partial charge is 0.393 e. The molecule has 0 spiro atoms. The summed E-state index contributed by atoms with van der Waals surface area (Å²) in [6.45, 7) is 1.63. The monoisotopic (exact) mass is 467 g/mol. The molecular formula is C24H30ClN7O. The van der Waals surface area contributed by atoms with Crippen LogP contribution in [0.25, 0.3) is 10.9 Å². The number of aliphatic hydroxyl groups is 1. The third kappa shape index (κ3) is 5.69. The molecule has 0 atom stereocenters. The Morgan fingerprint density at radius 2 is 1.76 bits per heavy atom. The summed E-state index contributed by atoms with van der Waals surface area (Å²) >= 11 is 6.20. The van der Waals surface area contributed by atoms with E-state index in [1.807, 2.05) is 30.6 Å². The second-order valence-corrected chi connectivity index (χ2v) is 9.59. The molecule has 174 valence electrons. The number of nitrogens with one attached hydrogen (secondary N) is 3. The van der Waals surface area contributed by atoms with Gasteiger partial charge >= 0.3 is 0 Å². The molecule has 2 aliphatic rings. The van der Waals surface area contributed by atoms with E-state index in [0.717, 1.165) is 73.9 Å². The molecule has 2 fully saturated rings. The zero-order valence-corrected chi connectivity index (χ0v) is 19.3. The highest BCUT2D eigenvalue weighted by atomic mass is 35.5. The van der Waals surface area contributed by atoms with E-state index in [0.29, 0.717) is 29.1 Å². The molecule has 5 rings (SSSR count). The zero-order chi connectivity index (χ0) is 22.6. The Bertz CT molecular complexity index is 1070. The molecule has 2 saturated carbocycles. The Morgan fingerprint density at radius 1 is 0.970 bits per heavy atom. The third-order valence-corrected chi connectivity index (χ3v) is 7.00. The van der Waals surface area contributed by atoms with E-state index in [-0.39, 0.29) is 6.10 Å². The molecule has 33 heavy (non-hydrogen) atoms. The van der Waals surface area contributed by atoms with Gasteiger partial charge in [-0.25, -0.2) is 19.9 Å². The van der Waals surface area contributed by atoms with Gasteiger partial charge in [-0.05, 0) is 62.6 Å². The van der Waals surface area contributed by atoms with Crippen molar-refractivity contribution in [2.24, 2.45) is 5.92 Å². The highest BCUT2D eigenvalue weighted by Crippen LogP contribution is 2.28. The molecule has 2 aliphatic carbocycles. The molecule has 0 saturated heterocycles. The minimum absolute atomic E-state index is 0.136. The Morgan fingerprint density at radius 3 is 2.52 bits per heavy atom. The predicted octanol–water partition coefficient (Wildman–Crippen LogP) is 3.77. The maximum Gasteiger partial charge on any atom is 0.222 e. The SMILES string of the molecule is OC1CC(NCc2cnc(NCC3CCC(Nc4ccc5ccnc(Cl)c5n4)CC3)nc2)C1. The highest BCUT2D eigenvalue weighted by molar-refractivity contribution is 6.33. The number of hydrogen-bond donors (Lipinski definition) is 4. The van der Waals surface area contributed by atoms with Crippen molar-refractivity contribution in [3.05, 3.63) is 47.5 Å². The van der Waals surface area contributed by atoms with Gasteiger partial charge in [0, 0.05) is 54.7 Å². The first kappa shape index (κ1) is 22.3. The molecule has 4 N–H and O–H groups in total. The first-order chi connectivity index (χ1) is 16.1. The Balaban J connectivity index is 1.04. The van der Waals surface area contributed by atoms with Gasteiger partial charge in [0.1, 0.15) is 11.3 Å². The number of pyridine rings is 2. The third-order valence-electron chi connectivity index (χ3n) is 6.72. The van der Waals surface area contributed by atoms with Crippen LogP contribution >= 0.6 is 11.6 Å². The molecule has 3 aromatic heterocycles. The Hall–Kier alpha value is -2.55. The van der Waals surface area contributed by atoms with Crippen molar-refractivity contribution in [2.45, 2.75) is 63.3 Å². The maximum atomic E-state index is 9.36. The smallest absolute Gasteiger partial charge is 0.222 e. The van der Waals surface area contributed by atoms with Gasteiger partial charge in [-0.3, -0.25) is 0 Å². The number of halogens is 1. The van der Waals surface area contributed by atoms with Crippen LogP contribution in [0.5, 0.6) is 0 Å². The normalized spacial score (nSPS) is 24.9. The summed E-state index contributed by atoms with van der Waals surface area (Å²) in [7, 11) is 0. The van der Waals surface area contributed by atoms with Crippen LogP contribution in [0.2, 0.25) is 5.15 Å². The molecule has 3 aromatic rings. The number of aromatic nitrogens is 4. The van der Waals surface area contributed by atoms with Gasteiger partial charge in [0.25, 0.3) is 0 Å². The van der Waals surface area contributed by atoms with Crippen molar-refractivity contribution < 1.29 is 5.11 Å². The van der Waals surface area contributed by atoms with E-state index in [1.165, 1.54) is 0 Å². The number of aliphatic hydroxyl groups excluding tert-OH is 1. The molecule has 3 heterocycles. The summed E-state index contributed by atoms with van der Waals surface area (Å²) < 4.78 is 0. The summed E-state index contributed by atoms with van der Waals surface area (Å²) in [5, 5.41) is 21.2. The van der Waals surface area contributed by atoms with Crippen LogP contribution in [0.1, 0.15) is 44.1 Å². The number of rotatable bonds is 8. The van der Waals surface area contributed by atoms with Crippen molar-refractivity contribution in [1.29, 1.82) is 0 Å². The summed E-state index contributed by atoms with van der Waals surface area (Å²) in [5.74, 6) is 2.15. The quantitative estimate of drug-likeness (QED) is 0.371. The van der Waals surface area contributed by atoms with Crippen LogP contribution < -0.4 is 16.0 Å². The molecular weight excluding hydrogens is 438 g/mol. The van der Waals surface area contributed by atoms with Gasteiger partial charge in [-0.2, -0.15) is 0 Å². The van der Waals surface area contributed by atoms with Gasteiger partial charge in [0.2, 0.25) is 5.95 Å². The van der Waals surface area contributed by atoms with E-state index < -0.39 is 0 Å². The lowest BCUT2D eigenvalue weighted by Crippen LogP contribution is -2.43. The van der Waals surface area contributed by atoms with Gasteiger partial charge in [-0.1, -0.05) is 11.6 Å². The van der Waals surface area contributed by atoms with Crippen molar-refractivity contribution in [2.75, 3.05) is 17.2 Å². The van der Waals surface area contributed by atoms with E-state index in [4.69, 9.17) is 11.6 Å². The van der Waals surface area contributed by atoms with Crippen LogP contribution in [0.15, 0.2) is 36.8 Å². The lowest BCUT2D eigenvalue weighted by molar-refractivity contribution is 0.0619. The van der Waals surface area contributed by atoms with Crippen LogP contribution in [-0.4, -0.2) is 49.8 Å². The van der Waals surface area contributed by atoms with Crippen molar-refractivity contribution >= 4 is 34.3 Å². The zero-order valence-electron chi connectivity index (χ0n) is 18.5. The summed E-state index contributed by atoms with van der Waals surface area (Å²) in [4.78, 5) is 17.7. The molecule has 8 nitrogen and oxygen atoms in total. The molecule has 0 radical (unpaired) electrons. The number of fused-ring (bicyclic) bond motifs is 1. The molecule has 0 unspecified atom stereocenters. The first-order valence-corrected chi connectivity index (χ1v) is 12.1. The fourth-order valence-corrected chi connectivity index (χ4v) is 4.81. The second kappa shape index (κ2) is 10.2. The average Bonchev–Trinajstić information content (AvgIpc) is 2.82. The van der Waals surface area contributed by atoms with Crippen LogP contribution in [-0.2, 0) is 6.54 Å². The molecule has 0 aliphatic heterocycles. The second-order valence-electron chi connectivity index (χ2n) is 9.23. The lowest BCUT2D eigenvalue weighted by Gasteiger charge is -2.32. The minimum atomic E-state index is -0.136. The van der Waals surface area contributed by atoms with E-state index in [9.17, 15) is 5.11 Å². The number of nitrogens with zero attached hydrogens (tertiary/aromatic N) is 4. The maximum absolute atomic E-state index is 9.36. The summed E-state index contributed by atoms with van der Waals surface area (Å²) in [6, 6.07) is 6.80. The Labute approximate surface area is 198 Å². The lowest BCUT2D eigenvalue weighted by atomic mass is 9.86. The summed E-state index contributed by atoms with van der Waals surface area (Å²) in [5.41, 5.74) is 1.80. The van der Waals surface area contributed by atoms with Crippen molar-refractivity contribution in [1.82, 2.24) is 25.3 Å². The molecule has 0 aromatic carbocycles. The minimum Gasteiger partial charge on any atom is -0.393 e. The van der Waals surface area contributed by atoms with Crippen LogP contribution in [0.3, 0.4) is 0 Å². The van der Waals surface area contributed by atoms with E-state index in [1.54, 1.807) is 6.20 Å². The average molecular weight is 468 g/mol. The summed E-state index contributed by atoms with van der Waals surface area (Å²) in [6.07, 6.45) is 11.5. The predicted molar refractivity (Wildman–Crippen MR) is 130 cm³/mol. The molecule has 0 bridgehead atoms. The topological polar surface area (TPSA) is 108 Å². The van der Waals surface area contributed by atoms with E-state index in [2.05, 4.69) is 35.9 Å². The van der Waals surface area contributed by atoms with Gasteiger partial charge in [-0.15, -0.1) is 0 Å². The van der Waals surface area contributed by atoms with Crippen LogP contribution in [0, 0.1) is 5.92 Å². The fraction of sp³-hybridized carbons (Fsp3) is 0.500. The fourth-order valence-electron chi connectivity index (χ4n) is 4.60. The van der Waals surface area contributed by atoms with Gasteiger partial charge in [0.15, 0.2) is 5.15 Å². The molecule has 0 amide bonds. The Kier molecular flexibility index (Phi) is 6.85. The molecule has 9 heteroatoms. The van der Waals surface area contributed by atoms with Crippen molar-refractivity contribution in [3.8, 4) is 0 Å². The van der Waals surface area contributed by atoms with Gasteiger partial charge in [0.05, 0.1) is 6.10 Å². The first-order valence-electron chi connectivity index (χ1n) is 11.8. The van der Waals surface area contributed by atoms with E-state index >= 15 is 0 Å². The van der Waals surface area contributed by atoms with Gasteiger partial charge < -0.3 is 21.1 Å². The number of hydrogen-bond acceptors (Lipinski definition) is 8. The van der Waals surface area contributed by atoms with Crippen LogP contribution in [0.4, 0.5) is 11.8 Å². The van der Waals surface area contributed by atoms with Crippen molar-refractivity contribution in [3.63, 3.8) is 0 Å². The standard InChI is InChI=1S/C24H30ClN7O/c25-23-22-17(7-8-26-23)3-6-21(32-22)31-18-4-1-15(2-5-18)11-28-24-29-13-16(14-30-24)12-27-19-9-20(33)10-19/h3,6-8,13-15,18-20,27,33H,1-2,4-5,9-12H2,(H,31,32)(H,28,29,30). The number of anilines is 2. The highest BCUT2D eigenvalue weighted by Gasteiger charge is 2.26.